The lowest BCUT2D eigenvalue weighted by atomic mass is 9.84. The van der Waals surface area contributed by atoms with Crippen LogP contribution in [0.15, 0.2) is 0 Å². The topological polar surface area (TPSA) is 86.3 Å². The van der Waals surface area contributed by atoms with Crippen molar-refractivity contribution in [2.45, 2.75) is 103 Å². The highest BCUT2D eigenvalue weighted by atomic mass is 16.6. The Hall–Kier alpha value is -1.54. The van der Waals surface area contributed by atoms with E-state index in [1.165, 1.54) is 38.5 Å². The van der Waals surface area contributed by atoms with E-state index < -0.39 is 0 Å². The highest BCUT2D eigenvalue weighted by molar-refractivity contribution is 5.68. The van der Waals surface area contributed by atoms with E-state index in [0.29, 0.717) is 39.0 Å². The number of nitrogens with zero attached hydrogens (tertiary/aromatic N) is 1. The smallest absolute Gasteiger partial charge is 0.409 e. The monoisotopic (exact) mass is 472 g/mol. The number of methoxy groups -OCH3 is 1. The number of carbonyl (C=O) groups excluding carboxylic acids is 2. The van der Waals surface area contributed by atoms with E-state index in [4.69, 9.17) is 18.9 Å². The van der Waals surface area contributed by atoms with Gasteiger partial charge in [-0.1, -0.05) is 38.5 Å². The van der Waals surface area contributed by atoms with Crippen LogP contribution in [0.1, 0.15) is 91.4 Å². The van der Waals surface area contributed by atoms with Gasteiger partial charge in [0.15, 0.2) is 0 Å². The van der Waals surface area contributed by atoms with E-state index in [0.717, 1.165) is 38.6 Å². The minimum absolute atomic E-state index is 0.153. The molecule has 2 fully saturated rings. The molecule has 0 saturated heterocycles. The molecule has 0 heterocycles. The van der Waals surface area contributed by atoms with Gasteiger partial charge in [-0.2, -0.15) is 0 Å². The van der Waals surface area contributed by atoms with Crippen LogP contribution < -0.4 is 5.32 Å². The summed E-state index contributed by atoms with van der Waals surface area (Å²) in [7, 11) is 1.69. The number of nitrogens with one attached hydrogen (secondary N) is 1. The summed E-state index contributed by atoms with van der Waals surface area (Å²) in [6.45, 7) is 9.23. The van der Waals surface area contributed by atoms with Gasteiger partial charge in [-0.25, -0.2) is 9.59 Å². The van der Waals surface area contributed by atoms with Crippen LogP contribution in [0.5, 0.6) is 0 Å². The number of carbonyl (C=O) groups is 2. The summed E-state index contributed by atoms with van der Waals surface area (Å²) in [5, 5.41) is 2.79. The van der Waals surface area contributed by atoms with Crippen molar-refractivity contribution in [1.29, 1.82) is 0 Å². The molecule has 0 unspecified atom stereocenters. The third kappa shape index (κ3) is 11.9. The highest BCUT2D eigenvalue weighted by Gasteiger charge is 2.33. The predicted octanol–water partition coefficient (Wildman–Crippen LogP) is 5.29. The summed E-state index contributed by atoms with van der Waals surface area (Å²) < 4.78 is 20.9. The maximum atomic E-state index is 11.9. The average Bonchev–Trinajstić information content (AvgIpc) is 2.83. The van der Waals surface area contributed by atoms with Gasteiger partial charge in [-0.15, -0.1) is 0 Å². The van der Waals surface area contributed by atoms with E-state index in [2.05, 4.69) is 5.32 Å². The molecule has 0 atom stereocenters. The van der Waals surface area contributed by atoms with E-state index in [1.807, 2.05) is 18.7 Å². The Balaban J connectivity index is 0.000000331. The minimum Gasteiger partial charge on any atom is -0.450 e. The Morgan fingerprint density at radius 1 is 0.909 bits per heavy atom. The Morgan fingerprint density at radius 2 is 1.55 bits per heavy atom. The van der Waals surface area contributed by atoms with E-state index in [9.17, 15) is 9.59 Å². The lowest BCUT2D eigenvalue weighted by Gasteiger charge is -2.36. The molecular formula is C25H48N2O6. The first kappa shape index (κ1) is 29.5. The molecule has 0 aromatic carbocycles. The Labute approximate surface area is 201 Å². The Bertz CT molecular complexity index is 514. The zero-order valence-corrected chi connectivity index (χ0v) is 21.5. The number of ether oxygens (including phenoxy) is 4. The molecule has 8 nitrogen and oxygen atoms in total. The minimum atomic E-state index is -0.341. The molecule has 0 spiro atoms. The first-order valence-corrected chi connectivity index (χ1v) is 13.0. The molecule has 0 bridgehead atoms. The third-order valence-corrected chi connectivity index (χ3v) is 6.31. The van der Waals surface area contributed by atoms with Crippen molar-refractivity contribution in [2.75, 3.05) is 46.6 Å². The zero-order valence-electron chi connectivity index (χ0n) is 21.5. The molecule has 8 heteroatoms. The molecule has 1 N–H and O–H groups in total. The second-order valence-corrected chi connectivity index (χ2v) is 8.78. The Morgan fingerprint density at radius 3 is 2.12 bits per heavy atom. The fraction of sp³-hybridized carbons (Fsp3) is 0.920. The van der Waals surface area contributed by atoms with Gasteiger partial charge in [0.2, 0.25) is 0 Å². The summed E-state index contributed by atoms with van der Waals surface area (Å²) in [5.74, 6) is 0. The Kier molecular flexibility index (Phi) is 16.0. The van der Waals surface area contributed by atoms with Crippen LogP contribution in [0.4, 0.5) is 9.59 Å². The van der Waals surface area contributed by atoms with Crippen LogP contribution >= 0.6 is 0 Å². The lowest BCUT2D eigenvalue weighted by molar-refractivity contribution is -0.0621. The molecule has 2 rings (SSSR count). The molecule has 194 valence electrons. The van der Waals surface area contributed by atoms with Crippen LogP contribution in [0.2, 0.25) is 0 Å². The highest BCUT2D eigenvalue weighted by Crippen LogP contribution is 2.31. The van der Waals surface area contributed by atoms with Crippen LogP contribution in [-0.4, -0.2) is 75.4 Å². The van der Waals surface area contributed by atoms with Gasteiger partial charge >= 0.3 is 12.2 Å². The summed E-state index contributed by atoms with van der Waals surface area (Å²) in [6, 6.07) is 0.375. The molecule has 33 heavy (non-hydrogen) atoms. The van der Waals surface area contributed by atoms with Crippen molar-refractivity contribution in [3.63, 3.8) is 0 Å². The van der Waals surface area contributed by atoms with Crippen molar-refractivity contribution in [3.05, 3.63) is 0 Å². The molecule has 0 aromatic rings. The summed E-state index contributed by atoms with van der Waals surface area (Å²) >= 11 is 0. The van der Waals surface area contributed by atoms with Crippen molar-refractivity contribution in [1.82, 2.24) is 10.2 Å². The molecule has 2 saturated carbocycles. The molecule has 0 aliphatic heterocycles. The number of hydrogen-bond acceptors (Lipinski definition) is 6. The van der Waals surface area contributed by atoms with Crippen LogP contribution in [0.3, 0.4) is 0 Å². The first-order chi connectivity index (χ1) is 16.0. The number of alkyl carbamates (subject to hydrolysis) is 1. The van der Waals surface area contributed by atoms with Gasteiger partial charge in [0.1, 0.15) is 0 Å². The van der Waals surface area contributed by atoms with Gasteiger partial charge in [0.05, 0.1) is 18.8 Å². The van der Waals surface area contributed by atoms with Crippen molar-refractivity contribution < 1.29 is 28.5 Å². The summed E-state index contributed by atoms with van der Waals surface area (Å²) in [5.41, 5.74) is -0.153. The van der Waals surface area contributed by atoms with Crippen molar-refractivity contribution in [2.24, 2.45) is 0 Å². The summed E-state index contributed by atoms with van der Waals surface area (Å²) in [6.07, 6.45) is 12.1. The number of rotatable bonds is 11. The lowest BCUT2D eigenvalue weighted by Crippen LogP contribution is -2.46. The quantitative estimate of drug-likeness (QED) is 0.411. The summed E-state index contributed by atoms with van der Waals surface area (Å²) in [4.78, 5) is 25.0. The maximum absolute atomic E-state index is 11.9. The number of hydrogen-bond donors (Lipinski definition) is 1. The van der Waals surface area contributed by atoms with Gasteiger partial charge in [-0.3, -0.25) is 0 Å². The van der Waals surface area contributed by atoms with Crippen LogP contribution in [-0.2, 0) is 18.9 Å². The SMILES string of the molecule is CCOC(=O)N(CCCOC)C1CCCCC1.CCOC(=O)NCC1(OCC)CCCCC1. The van der Waals surface area contributed by atoms with Gasteiger partial charge in [0, 0.05) is 39.5 Å². The third-order valence-electron chi connectivity index (χ3n) is 6.31. The zero-order chi connectivity index (χ0) is 24.4. The van der Waals surface area contributed by atoms with Crippen molar-refractivity contribution in [3.8, 4) is 0 Å². The standard InChI is InChI=1S/C13H25NO3.C12H23NO3/c1-3-17-13(15)14(10-7-11-16-2)12-8-5-4-6-9-12;1-3-15-11(14)13-10-12(16-4-2)8-6-5-7-9-12/h12H,3-11H2,1-2H3;3-10H2,1-2H3,(H,13,14). The number of amides is 2. The first-order valence-electron chi connectivity index (χ1n) is 13.0. The predicted molar refractivity (Wildman–Crippen MR) is 130 cm³/mol. The molecule has 0 aromatic heterocycles. The fourth-order valence-electron chi connectivity index (χ4n) is 4.69. The maximum Gasteiger partial charge on any atom is 0.409 e. The fourth-order valence-corrected chi connectivity index (χ4v) is 4.69. The molecule has 2 amide bonds. The second kappa shape index (κ2) is 17.9. The van der Waals surface area contributed by atoms with E-state index >= 15 is 0 Å². The van der Waals surface area contributed by atoms with Gasteiger partial charge < -0.3 is 29.2 Å². The van der Waals surface area contributed by atoms with E-state index in [1.54, 1.807) is 14.0 Å². The average molecular weight is 473 g/mol. The molecule has 0 radical (unpaired) electrons. The normalized spacial score (nSPS) is 17.9. The molecular weight excluding hydrogens is 424 g/mol. The van der Waals surface area contributed by atoms with E-state index in [-0.39, 0.29) is 17.8 Å². The van der Waals surface area contributed by atoms with Gasteiger partial charge in [-0.05, 0) is 52.9 Å². The largest absolute Gasteiger partial charge is 0.450 e. The molecule has 2 aliphatic carbocycles. The second-order valence-electron chi connectivity index (χ2n) is 8.78. The molecule has 2 aliphatic rings. The van der Waals surface area contributed by atoms with Gasteiger partial charge in [0.25, 0.3) is 0 Å². The van der Waals surface area contributed by atoms with Crippen LogP contribution in [0.25, 0.3) is 0 Å². The van der Waals surface area contributed by atoms with Crippen molar-refractivity contribution >= 4 is 12.2 Å². The van der Waals surface area contributed by atoms with Crippen LogP contribution in [0, 0.1) is 0 Å².